The van der Waals surface area contributed by atoms with Gasteiger partial charge < -0.3 is 10.1 Å². The average molecular weight is 389 g/mol. The largest absolute Gasteiger partial charge is 0.461 e. The molecule has 4 nitrogen and oxygen atoms in total. The van der Waals surface area contributed by atoms with Crippen molar-refractivity contribution in [3.63, 3.8) is 0 Å². The van der Waals surface area contributed by atoms with E-state index < -0.39 is 5.97 Å². The molecule has 2 aromatic carbocycles. The van der Waals surface area contributed by atoms with Crippen LogP contribution in [0.2, 0.25) is 0 Å². The molecular weight excluding hydrogens is 360 g/mol. The molecule has 4 heteroatoms. The topological polar surface area (TPSA) is 51.2 Å². The van der Waals surface area contributed by atoms with Crippen molar-refractivity contribution in [3.05, 3.63) is 71.9 Å². The quantitative estimate of drug-likeness (QED) is 0.519. The Morgan fingerprint density at radius 1 is 1.07 bits per heavy atom. The molecule has 0 aliphatic carbocycles. The Morgan fingerprint density at radius 2 is 1.76 bits per heavy atom. The molecule has 0 radical (unpaired) electrons. The molecule has 3 rings (SSSR count). The Labute approximate surface area is 172 Å². The maximum absolute atomic E-state index is 12.7. The fourth-order valence-corrected chi connectivity index (χ4v) is 3.21. The van der Waals surface area contributed by atoms with Gasteiger partial charge in [-0.2, -0.15) is 0 Å². The van der Waals surface area contributed by atoms with E-state index in [4.69, 9.17) is 9.72 Å². The molecule has 0 bridgehead atoms. The Morgan fingerprint density at radius 3 is 2.45 bits per heavy atom. The van der Waals surface area contributed by atoms with Crippen molar-refractivity contribution in [3.8, 4) is 11.3 Å². The van der Waals surface area contributed by atoms with E-state index in [0.717, 1.165) is 40.6 Å². The molecule has 1 atom stereocenters. The zero-order chi connectivity index (χ0) is 20.6. The second kappa shape index (κ2) is 9.99. The third kappa shape index (κ3) is 4.90. The molecule has 0 spiro atoms. The minimum absolute atomic E-state index is 0.312. The number of carbonyl (C=O) groups excluding carboxylic acids is 1. The highest BCUT2D eigenvalue weighted by Crippen LogP contribution is 2.31. The van der Waals surface area contributed by atoms with Gasteiger partial charge in [0.2, 0.25) is 0 Å². The molecule has 0 aliphatic heterocycles. The molecule has 29 heavy (non-hydrogen) atoms. The van der Waals surface area contributed by atoms with Crippen molar-refractivity contribution in [2.75, 3.05) is 13.2 Å². The van der Waals surface area contributed by atoms with Crippen LogP contribution in [0, 0.1) is 0 Å². The molecule has 3 aromatic rings. The highest BCUT2D eigenvalue weighted by atomic mass is 16.5. The molecule has 1 unspecified atom stereocenters. The number of carbonyl (C=O) groups is 1. The number of nitrogens with one attached hydrogen (secondary N) is 1. The van der Waals surface area contributed by atoms with Gasteiger partial charge in [0, 0.05) is 29.1 Å². The first kappa shape index (κ1) is 20.7. The monoisotopic (exact) mass is 388 g/mol. The molecule has 1 N–H and O–H groups in total. The Balaban J connectivity index is 2.14. The van der Waals surface area contributed by atoms with Gasteiger partial charge in [0.15, 0.2) is 5.69 Å². The third-order valence-electron chi connectivity index (χ3n) is 4.95. The number of ether oxygens (including phenoxy) is 1. The summed E-state index contributed by atoms with van der Waals surface area (Å²) in [5.74, 6) is -0.398. The van der Waals surface area contributed by atoms with Crippen LogP contribution < -0.4 is 5.32 Å². The van der Waals surface area contributed by atoms with E-state index in [2.05, 4.69) is 19.2 Å². The van der Waals surface area contributed by atoms with E-state index in [-0.39, 0.29) is 0 Å². The van der Waals surface area contributed by atoms with Crippen molar-refractivity contribution < 1.29 is 9.53 Å². The number of hydrogen-bond donors (Lipinski definition) is 1. The van der Waals surface area contributed by atoms with Crippen LogP contribution in [0.3, 0.4) is 0 Å². The van der Waals surface area contributed by atoms with Crippen LogP contribution in [-0.2, 0) is 4.74 Å². The fourth-order valence-electron chi connectivity index (χ4n) is 3.21. The normalized spacial score (nSPS) is 12.4. The maximum atomic E-state index is 12.7. The number of pyridine rings is 1. The van der Waals surface area contributed by atoms with Crippen molar-refractivity contribution in [2.24, 2.45) is 0 Å². The summed E-state index contributed by atoms with van der Waals surface area (Å²) in [5.41, 5.74) is 2.91. The number of fused-ring (bicyclic) bond motifs is 1. The van der Waals surface area contributed by atoms with Crippen molar-refractivity contribution in [2.45, 2.75) is 33.2 Å². The standard InChI is InChI=1S/C25H28N2O2/c1-4-18(3)26-17-11-16-22-20-14-9-10-15-21(20)23(19-12-7-6-8-13-19)27-24(22)25(28)29-5-2/h6-16,18,26H,4-5,17H2,1-3H3/b16-11-. The molecule has 0 saturated carbocycles. The molecular formula is C25H28N2O2. The van der Waals surface area contributed by atoms with E-state index >= 15 is 0 Å². The molecule has 1 heterocycles. The van der Waals surface area contributed by atoms with Crippen LogP contribution >= 0.6 is 0 Å². The second-order valence-electron chi connectivity index (χ2n) is 6.97. The first-order chi connectivity index (χ1) is 14.2. The molecule has 0 saturated heterocycles. The summed E-state index contributed by atoms with van der Waals surface area (Å²) in [7, 11) is 0. The number of nitrogens with zero attached hydrogens (tertiary/aromatic N) is 1. The van der Waals surface area contributed by atoms with Crippen LogP contribution in [0.25, 0.3) is 28.1 Å². The zero-order valence-corrected chi connectivity index (χ0v) is 17.3. The maximum Gasteiger partial charge on any atom is 0.357 e. The highest BCUT2D eigenvalue weighted by Gasteiger charge is 2.19. The molecule has 1 aromatic heterocycles. The first-order valence-corrected chi connectivity index (χ1v) is 10.2. The highest BCUT2D eigenvalue weighted by molar-refractivity contribution is 6.06. The first-order valence-electron chi connectivity index (χ1n) is 10.2. The summed E-state index contributed by atoms with van der Waals surface area (Å²) in [6.07, 6.45) is 5.09. The van der Waals surface area contributed by atoms with Crippen molar-refractivity contribution in [1.29, 1.82) is 0 Å². The summed E-state index contributed by atoms with van der Waals surface area (Å²) in [6.45, 7) is 7.16. The lowest BCUT2D eigenvalue weighted by Gasteiger charge is -2.14. The van der Waals surface area contributed by atoms with E-state index in [1.54, 1.807) is 0 Å². The Bertz CT molecular complexity index is 996. The van der Waals surface area contributed by atoms with E-state index in [1.807, 2.05) is 73.7 Å². The zero-order valence-electron chi connectivity index (χ0n) is 17.3. The van der Waals surface area contributed by atoms with Gasteiger partial charge in [0.1, 0.15) is 0 Å². The number of aromatic nitrogens is 1. The minimum Gasteiger partial charge on any atom is -0.461 e. The van der Waals surface area contributed by atoms with Gasteiger partial charge in [0.05, 0.1) is 12.3 Å². The summed E-state index contributed by atoms with van der Waals surface area (Å²) < 4.78 is 5.32. The summed E-state index contributed by atoms with van der Waals surface area (Å²) in [5, 5.41) is 5.44. The number of benzene rings is 2. The predicted octanol–water partition coefficient (Wildman–Crippen LogP) is 5.48. The lowest BCUT2D eigenvalue weighted by molar-refractivity contribution is 0.0519. The van der Waals surface area contributed by atoms with Crippen LogP contribution in [0.1, 0.15) is 43.2 Å². The summed E-state index contributed by atoms with van der Waals surface area (Å²) in [4.78, 5) is 17.5. The van der Waals surface area contributed by atoms with Gasteiger partial charge in [0.25, 0.3) is 0 Å². The fraction of sp³-hybridized carbons (Fsp3) is 0.280. The second-order valence-corrected chi connectivity index (χ2v) is 6.97. The van der Waals surface area contributed by atoms with Gasteiger partial charge in [-0.3, -0.25) is 0 Å². The SMILES string of the molecule is CCOC(=O)c1nc(-c2ccccc2)c2ccccc2c1/C=C\CNC(C)CC. The lowest BCUT2D eigenvalue weighted by Crippen LogP contribution is -2.24. The van der Waals surface area contributed by atoms with Crippen LogP contribution in [0.5, 0.6) is 0 Å². The molecule has 0 aliphatic rings. The smallest absolute Gasteiger partial charge is 0.357 e. The number of esters is 1. The lowest BCUT2D eigenvalue weighted by atomic mass is 9.98. The molecule has 0 amide bonds. The van der Waals surface area contributed by atoms with Gasteiger partial charge in [-0.25, -0.2) is 9.78 Å². The molecule has 0 fully saturated rings. The van der Waals surface area contributed by atoms with Gasteiger partial charge in [-0.05, 0) is 25.7 Å². The minimum atomic E-state index is -0.398. The van der Waals surface area contributed by atoms with Crippen LogP contribution in [0.4, 0.5) is 0 Å². The van der Waals surface area contributed by atoms with Crippen LogP contribution in [0.15, 0.2) is 60.7 Å². The van der Waals surface area contributed by atoms with Gasteiger partial charge in [-0.1, -0.05) is 73.7 Å². The Hall–Kier alpha value is -2.98. The van der Waals surface area contributed by atoms with E-state index in [0.29, 0.717) is 18.3 Å². The molecule has 150 valence electrons. The average Bonchev–Trinajstić information content (AvgIpc) is 2.76. The Kier molecular flexibility index (Phi) is 7.14. The van der Waals surface area contributed by atoms with E-state index in [1.165, 1.54) is 0 Å². The summed E-state index contributed by atoms with van der Waals surface area (Å²) in [6, 6.07) is 18.5. The number of rotatable bonds is 8. The van der Waals surface area contributed by atoms with Gasteiger partial charge >= 0.3 is 5.97 Å². The van der Waals surface area contributed by atoms with Gasteiger partial charge in [-0.15, -0.1) is 0 Å². The summed E-state index contributed by atoms with van der Waals surface area (Å²) >= 11 is 0. The predicted molar refractivity (Wildman–Crippen MR) is 120 cm³/mol. The van der Waals surface area contributed by atoms with Crippen molar-refractivity contribution in [1.82, 2.24) is 10.3 Å². The van der Waals surface area contributed by atoms with Crippen LogP contribution in [-0.4, -0.2) is 30.1 Å². The third-order valence-corrected chi connectivity index (χ3v) is 4.95. The number of hydrogen-bond acceptors (Lipinski definition) is 4. The van der Waals surface area contributed by atoms with E-state index in [9.17, 15) is 4.79 Å². The van der Waals surface area contributed by atoms with Crippen molar-refractivity contribution >= 4 is 22.8 Å².